The smallest absolute Gasteiger partial charge is 0.257 e. The SMILES string of the molecule is CCCCN(C)c1cncc(C(=O)Nc2cccc(NC(C)=O)c2)c1. The fourth-order valence-electron chi connectivity index (χ4n) is 2.37. The third-order valence-electron chi connectivity index (χ3n) is 3.71. The van der Waals surface area contributed by atoms with Gasteiger partial charge in [0.15, 0.2) is 0 Å². The van der Waals surface area contributed by atoms with Crippen LogP contribution in [0.2, 0.25) is 0 Å². The number of carbonyl (C=O) groups excluding carboxylic acids is 2. The highest BCUT2D eigenvalue weighted by atomic mass is 16.2. The van der Waals surface area contributed by atoms with Gasteiger partial charge in [-0.3, -0.25) is 14.6 Å². The number of amides is 2. The van der Waals surface area contributed by atoms with Crippen LogP contribution >= 0.6 is 0 Å². The topological polar surface area (TPSA) is 74.3 Å². The molecule has 2 amide bonds. The monoisotopic (exact) mass is 340 g/mol. The van der Waals surface area contributed by atoms with Crippen molar-refractivity contribution in [2.24, 2.45) is 0 Å². The van der Waals surface area contributed by atoms with Crippen molar-refractivity contribution in [1.82, 2.24) is 4.98 Å². The minimum atomic E-state index is -0.238. The largest absolute Gasteiger partial charge is 0.373 e. The van der Waals surface area contributed by atoms with Crippen molar-refractivity contribution in [3.63, 3.8) is 0 Å². The van der Waals surface area contributed by atoms with Gasteiger partial charge in [-0.1, -0.05) is 19.4 Å². The van der Waals surface area contributed by atoms with Crippen molar-refractivity contribution in [3.8, 4) is 0 Å². The fourth-order valence-corrected chi connectivity index (χ4v) is 2.37. The fraction of sp³-hybridized carbons (Fsp3) is 0.316. The average Bonchev–Trinajstić information content (AvgIpc) is 2.59. The zero-order chi connectivity index (χ0) is 18.2. The van der Waals surface area contributed by atoms with E-state index >= 15 is 0 Å². The number of nitrogens with zero attached hydrogens (tertiary/aromatic N) is 2. The minimum absolute atomic E-state index is 0.157. The lowest BCUT2D eigenvalue weighted by atomic mass is 10.2. The van der Waals surface area contributed by atoms with E-state index in [1.165, 1.54) is 6.92 Å². The zero-order valence-corrected chi connectivity index (χ0v) is 14.9. The standard InChI is InChI=1S/C19H24N4O2/c1-4-5-9-23(3)18-10-15(12-20-13-18)19(25)22-17-8-6-7-16(11-17)21-14(2)24/h6-8,10-13H,4-5,9H2,1-3H3,(H,21,24)(H,22,25). The van der Waals surface area contributed by atoms with Gasteiger partial charge in [0.1, 0.15) is 0 Å². The van der Waals surface area contributed by atoms with Gasteiger partial charge in [0, 0.05) is 38.1 Å². The van der Waals surface area contributed by atoms with Crippen molar-refractivity contribution in [2.75, 3.05) is 29.1 Å². The zero-order valence-electron chi connectivity index (χ0n) is 14.9. The van der Waals surface area contributed by atoms with E-state index in [1.54, 1.807) is 36.7 Å². The number of nitrogens with one attached hydrogen (secondary N) is 2. The molecule has 25 heavy (non-hydrogen) atoms. The lowest BCUT2D eigenvalue weighted by Gasteiger charge is -2.19. The molecular formula is C19H24N4O2. The molecule has 0 spiro atoms. The van der Waals surface area contributed by atoms with Gasteiger partial charge in [0.25, 0.3) is 5.91 Å². The van der Waals surface area contributed by atoms with E-state index < -0.39 is 0 Å². The highest BCUT2D eigenvalue weighted by molar-refractivity contribution is 6.05. The summed E-state index contributed by atoms with van der Waals surface area (Å²) in [6, 6.07) is 8.85. The van der Waals surface area contributed by atoms with Crippen LogP contribution in [0, 0.1) is 0 Å². The Labute approximate surface area is 148 Å². The predicted octanol–water partition coefficient (Wildman–Crippen LogP) is 3.53. The number of benzene rings is 1. The molecule has 2 N–H and O–H groups in total. The van der Waals surface area contributed by atoms with Gasteiger partial charge in [0.05, 0.1) is 17.4 Å². The maximum Gasteiger partial charge on any atom is 0.257 e. The van der Waals surface area contributed by atoms with Gasteiger partial charge in [0.2, 0.25) is 5.91 Å². The van der Waals surface area contributed by atoms with Crippen LogP contribution in [0.5, 0.6) is 0 Å². The molecule has 1 aromatic carbocycles. The van der Waals surface area contributed by atoms with Crippen LogP contribution in [0.1, 0.15) is 37.0 Å². The summed E-state index contributed by atoms with van der Waals surface area (Å²) in [5, 5.41) is 5.52. The second kappa shape index (κ2) is 8.82. The van der Waals surface area contributed by atoms with E-state index in [9.17, 15) is 9.59 Å². The van der Waals surface area contributed by atoms with Gasteiger partial charge in [-0.15, -0.1) is 0 Å². The van der Waals surface area contributed by atoms with E-state index in [2.05, 4.69) is 27.4 Å². The number of rotatable bonds is 7. The molecule has 0 fully saturated rings. The maximum absolute atomic E-state index is 12.5. The molecule has 0 saturated heterocycles. The van der Waals surface area contributed by atoms with E-state index in [1.807, 2.05) is 13.1 Å². The van der Waals surface area contributed by atoms with E-state index in [-0.39, 0.29) is 11.8 Å². The van der Waals surface area contributed by atoms with Crippen LogP contribution in [0.3, 0.4) is 0 Å². The highest BCUT2D eigenvalue weighted by Crippen LogP contribution is 2.18. The van der Waals surface area contributed by atoms with E-state index in [0.29, 0.717) is 16.9 Å². The first kappa shape index (κ1) is 18.4. The first-order valence-electron chi connectivity index (χ1n) is 8.34. The second-order valence-electron chi connectivity index (χ2n) is 5.92. The summed E-state index contributed by atoms with van der Waals surface area (Å²) >= 11 is 0. The molecule has 6 nitrogen and oxygen atoms in total. The van der Waals surface area contributed by atoms with Crippen LogP contribution in [0.4, 0.5) is 17.1 Å². The molecule has 0 atom stereocenters. The Kier molecular flexibility index (Phi) is 6.51. The summed E-state index contributed by atoms with van der Waals surface area (Å²) in [4.78, 5) is 29.9. The molecule has 0 aliphatic carbocycles. The van der Waals surface area contributed by atoms with Crippen molar-refractivity contribution in [1.29, 1.82) is 0 Å². The van der Waals surface area contributed by atoms with Crippen molar-refractivity contribution in [2.45, 2.75) is 26.7 Å². The van der Waals surface area contributed by atoms with Crippen molar-refractivity contribution in [3.05, 3.63) is 48.3 Å². The number of hydrogen-bond donors (Lipinski definition) is 2. The molecule has 0 unspecified atom stereocenters. The van der Waals surface area contributed by atoms with E-state index in [0.717, 1.165) is 25.1 Å². The molecule has 1 aromatic heterocycles. The number of carbonyl (C=O) groups is 2. The molecule has 0 aliphatic heterocycles. The first-order chi connectivity index (χ1) is 12.0. The summed E-state index contributed by atoms with van der Waals surface area (Å²) in [6.07, 6.45) is 5.50. The van der Waals surface area contributed by atoms with Crippen molar-refractivity contribution >= 4 is 28.9 Å². The Hall–Kier alpha value is -2.89. The Bertz CT molecular complexity index is 746. The van der Waals surface area contributed by atoms with E-state index in [4.69, 9.17) is 0 Å². The molecule has 0 bridgehead atoms. The van der Waals surface area contributed by atoms with Gasteiger partial charge in [-0.05, 0) is 30.7 Å². The number of pyridine rings is 1. The van der Waals surface area contributed by atoms with Gasteiger partial charge >= 0.3 is 0 Å². The van der Waals surface area contributed by atoms with Gasteiger partial charge < -0.3 is 15.5 Å². The molecule has 6 heteroatoms. The molecular weight excluding hydrogens is 316 g/mol. The summed E-state index contributed by atoms with van der Waals surface area (Å²) in [7, 11) is 1.99. The lowest BCUT2D eigenvalue weighted by Crippen LogP contribution is -2.20. The van der Waals surface area contributed by atoms with Crippen LogP contribution < -0.4 is 15.5 Å². The summed E-state index contributed by atoms with van der Waals surface area (Å²) in [5.74, 6) is -0.395. The molecule has 2 rings (SSSR count). The quantitative estimate of drug-likeness (QED) is 0.808. The molecule has 0 saturated carbocycles. The van der Waals surface area contributed by atoms with Gasteiger partial charge in [-0.25, -0.2) is 0 Å². The molecule has 132 valence electrons. The Morgan fingerprint density at radius 3 is 2.52 bits per heavy atom. The van der Waals surface area contributed by atoms with Crippen molar-refractivity contribution < 1.29 is 9.59 Å². The minimum Gasteiger partial charge on any atom is -0.373 e. The third-order valence-corrected chi connectivity index (χ3v) is 3.71. The average molecular weight is 340 g/mol. The van der Waals surface area contributed by atoms with Gasteiger partial charge in [-0.2, -0.15) is 0 Å². The maximum atomic E-state index is 12.5. The lowest BCUT2D eigenvalue weighted by molar-refractivity contribution is -0.114. The number of aromatic nitrogens is 1. The predicted molar refractivity (Wildman–Crippen MR) is 101 cm³/mol. The summed E-state index contributed by atoms with van der Waals surface area (Å²) in [6.45, 7) is 4.50. The Morgan fingerprint density at radius 2 is 1.84 bits per heavy atom. The van der Waals surface area contributed by atoms with Crippen LogP contribution in [0.15, 0.2) is 42.7 Å². The van der Waals surface area contributed by atoms with Crippen LogP contribution in [-0.2, 0) is 4.79 Å². The van der Waals surface area contributed by atoms with Crippen LogP contribution in [-0.4, -0.2) is 30.4 Å². The third kappa shape index (κ3) is 5.60. The number of hydrogen-bond acceptors (Lipinski definition) is 4. The normalized spacial score (nSPS) is 10.2. The molecule has 0 radical (unpaired) electrons. The Balaban J connectivity index is 2.09. The molecule has 1 heterocycles. The molecule has 2 aromatic rings. The molecule has 0 aliphatic rings. The highest BCUT2D eigenvalue weighted by Gasteiger charge is 2.10. The number of unbranched alkanes of at least 4 members (excludes halogenated alkanes) is 1. The summed E-state index contributed by atoms with van der Waals surface area (Å²) in [5.41, 5.74) is 2.65. The number of anilines is 3. The van der Waals surface area contributed by atoms with Crippen LogP contribution in [0.25, 0.3) is 0 Å². The second-order valence-corrected chi connectivity index (χ2v) is 5.92. The first-order valence-corrected chi connectivity index (χ1v) is 8.34. The Morgan fingerprint density at radius 1 is 1.12 bits per heavy atom. The summed E-state index contributed by atoms with van der Waals surface area (Å²) < 4.78 is 0.